The molecule has 0 aliphatic heterocycles. The van der Waals surface area contributed by atoms with E-state index in [1.54, 1.807) is 0 Å². The van der Waals surface area contributed by atoms with Gasteiger partial charge in [-0.1, -0.05) is 19.4 Å². The lowest BCUT2D eigenvalue weighted by molar-refractivity contribution is -0.132. The average molecular weight is 229 g/mol. The fraction of sp³-hybridized carbons (Fsp3) is 0.636. The van der Waals surface area contributed by atoms with Crippen LogP contribution in [-0.2, 0) is 9.53 Å². The van der Waals surface area contributed by atoms with E-state index in [4.69, 9.17) is 9.84 Å². The van der Waals surface area contributed by atoms with Crippen molar-refractivity contribution >= 4 is 12.1 Å². The minimum atomic E-state index is -0.951. The van der Waals surface area contributed by atoms with Crippen molar-refractivity contribution in [1.29, 1.82) is 0 Å². The maximum Gasteiger partial charge on any atom is 0.407 e. The van der Waals surface area contributed by atoms with E-state index in [0.29, 0.717) is 13.0 Å². The van der Waals surface area contributed by atoms with Crippen LogP contribution in [0.1, 0.15) is 33.1 Å². The molecule has 0 fully saturated rings. The van der Waals surface area contributed by atoms with Gasteiger partial charge in [-0.3, -0.25) is 0 Å². The minimum Gasteiger partial charge on any atom is -0.478 e. The second kappa shape index (κ2) is 8.76. The highest BCUT2D eigenvalue weighted by atomic mass is 16.5. The van der Waals surface area contributed by atoms with Crippen molar-refractivity contribution in [2.45, 2.75) is 33.1 Å². The van der Waals surface area contributed by atoms with Crippen LogP contribution in [0.3, 0.4) is 0 Å². The van der Waals surface area contributed by atoms with Crippen LogP contribution in [0.5, 0.6) is 0 Å². The maximum atomic E-state index is 11.0. The van der Waals surface area contributed by atoms with Gasteiger partial charge in [0.2, 0.25) is 0 Å². The molecule has 16 heavy (non-hydrogen) atoms. The Morgan fingerprint density at radius 2 is 2.12 bits per heavy atom. The van der Waals surface area contributed by atoms with Crippen LogP contribution in [0.2, 0.25) is 0 Å². The van der Waals surface area contributed by atoms with Crippen molar-refractivity contribution in [3.05, 3.63) is 11.6 Å². The highest BCUT2D eigenvalue weighted by Gasteiger charge is 2.01. The maximum absolute atomic E-state index is 11.0. The fourth-order valence-electron chi connectivity index (χ4n) is 0.933. The van der Waals surface area contributed by atoms with Gasteiger partial charge in [0.25, 0.3) is 0 Å². The zero-order chi connectivity index (χ0) is 12.4. The lowest BCUT2D eigenvalue weighted by Gasteiger charge is -2.04. The molecular weight excluding hydrogens is 210 g/mol. The van der Waals surface area contributed by atoms with Gasteiger partial charge in [-0.25, -0.2) is 9.59 Å². The van der Waals surface area contributed by atoms with Gasteiger partial charge in [0.1, 0.15) is 0 Å². The van der Waals surface area contributed by atoms with Crippen molar-refractivity contribution in [1.82, 2.24) is 5.32 Å². The molecule has 0 unspecified atom stereocenters. The van der Waals surface area contributed by atoms with Crippen LogP contribution < -0.4 is 5.32 Å². The third-order valence-corrected chi connectivity index (χ3v) is 1.94. The summed E-state index contributed by atoms with van der Waals surface area (Å²) in [5.41, 5.74) is 0.259. The lowest BCUT2D eigenvalue weighted by atomic mass is 10.2. The number of nitrogens with one attached hydrogen (secondary N) is 1. The van der Waals surface area contributed by atoms with E-state index in [1.165, 1.54) is 13.0 Å². The number of hydrogen-bond acceptors (Lipinski definition) is 3. The number of amides is 1. The van der Waals surface area contributed by atoms with Crippen LogP contribution in [0.25, 0.3) is 0 Å². The lowest BCUT2D eigenvalue weighted by Crippen LogP contribution is -2.25. The molecule has 0 atom stereocenters. The highest BCUT2D eigenvalue weighted by molar-refractivity contribution is 5.85. The van der Waals surface area contributed by atoms with Gasteiger partial charge in [-0.05, 0) is 13.3 Å². The first-order chi connectivity index (χ1) is 7.57. The van der Waals surface area contributed by atoms with E-state index >= 15 is 0 Å². The van der Waals surface area contributed by atoms with Crippen LogP contribution in [0.15, 0.2) is 11.6 Å². The topological polar surface area (TPSA) is 75.6 Å². The number of alkyl carbamates (subject to hydrolysis) is 1. The van der Waals surface area contributed by atoms with E-state index < -0.39 is 12.1 Å². The summed E-state index contributed by atoms with van der Waals surface area (Å²) in [6.07, 6.45) is 3.43. The Bertz CT molecular complexity index is 261. The number of rotatable bonds is 7. The van der Waals surface area contributed by atoms with E-state index in [-0.39, 0.29) is 12.2 Å². The smallest absolute Gasteiger partial charge is 0.407 e. The molecule has 0 radical (unpaired) electrons. The van der Waals surface area contributed by atoms with Crippen LogP contribution in [0, 0.1) is 0 Å². The molecule has 0 saturated heterocycles. The first-order valence-corrected chi connectivity index (χ1v) is 5.38. The molecule has 1 amide bonds. The number of carboxylic acid groups (broad SMARTS) is 1. The van der Waals surface area contributed by atoms with Crippen LogP contribution in [-0.4, -0.2) is 30.3 Å². The molecule has 5 heteroatoms. The molecular formula is C11H19NO4. The summed E-state index contributed by atoms with van der Waals surface area (Å²) in [7, 11) is 0. The van der Waals surface area contributed by atoms with E-state index in [1.807, 2.05) is 6.92 Å². The molecule has 92 valence electrons. The molecule has 0 rings (SSSR count). The molecule has 0 saturated carbocycles. The average Bonchev–Trinajstić information content (AvgIpc) is 2.24. The predicted octanol–water partition coefficient (Wildman–Crippen LogP) is 1.93. The monoisotopic (exact) mass is 229 g/mol. The summed E-state index contributed by atoms with van der Waals surface area (Å²) in [5.74, 6) is -0.951. The van der Waals surface area contributed by atoms with Gasteiger partial charge in [0.05, 0.1) is 6.61 Å². The number of carboxylic acids is 1. The standard InChI is InChI=1S/C11H19NO4/c1-3-4-7-12-11(15)16-8-5-6-9(2)10(13)14/h6H,3-5,7-8H2,1-2H3,(H,12,15)(H,13,14). The molecule has 0 aromatic rings. The minimum absolute atomic E-state index is 0.197. The number of unbranched alkanes of at least 4 members (excludes halogenated alkanes) is 1. The fourth-order valence-corrected chi connectivity index (χ4v) is 0.933. The first-order valence-electron chi connectivity index (χ1n) is 5.38. The molecule has 0 aliphatic carbocycles. The van der Waals surface area contributed by atoms with Crippen molar-refractivity contribution < 1.29 is 19.4 Å². The Morgan fingerprint density at radius 3 is 2.69 bits per heavy atom. The molecule has 0 heterocycles. The molecule has 0 aromatic heterocycles. The molecule has 0 aliphatic rings. The van der Waals surface area contributed by atoms with Gasteiger partial charge in [-0.2, -0.15) is 0 Å². The summed E-state index contributed by atoms with van der Waals surface area (Å²) in [6, 6.07) is 0. The quantitative estimate of drug-likeness (QED) is 0.516. The Kier molecular flexibility index (Phi) is 7.93. The Labute approximate surface area is 95.5 Å². The summed E-state index contributed by atoms with van der Waals surface area (Å²) in [6.45, 7) is 4.35. The van der Waals surface area contributed by atoms with Crippen molar-refractivity contribution in [2.75, 3.05) is 13.2 Å². The normalized spacial score (nSPS) is 11.0. The van der Waals surface area contributed by atoms with Gasteiger partial charge < -0.3 is 15.2 Å². The van der Waals surface area contributed by atoms with Crippen molar-refractivity contribution in [2.24, 2.45) is 0 Å². The summed E-state index contributed by atoms with van der Waals surface area (Å²) in [5, 5.41) is 11.1. The van der Waals surface area contributed by atoms with E-state index in [9.17, 15) is 9.59 Å². The molecule has 0 aromatic carbocycles. The number of aliphatic carboxylic acids is 1. The third kappa shape index (κ3) is 7.84. The van der Waals surface area contributed by atoms with Gasteiger partial charge in [0, 0.05) is 18.5 Å². The molecule has 0 bridgehead atoms. The van der Waals surface area contributed by atoms with Crippen LogP contribution >= 0.6 is 0 Å². The van der Waals surface area contributed by atoms with Crippen LogP contribution in [0.4, 0.5) is 4.79 Å². The number of carbonyl (C=O) groups is 2. The number of hydrogen-bond donors (Lipinski definition) is 2. The molecule has 5 nitrogen and oxygen atoms in total. The van der Waals surface area contributed by atoms with Crippen molar-refractivity contribution in [3.63, 3.8) is 0 Å². The second-order valence-electron chi connectivity index (χ2n) is 3.40. The third-order valence-electron chi connectivity index (χ3n) is 1.94. The second-order valence-corrected chi connectivity index (χ2v) is 3.40. The van der Waals surface area contributed by atoms with E-state index in [0.717, 1.165) is 12.8 Å². The number of carbonyl (C=O) groups excluding carboxylic acids is 1. The Balaban J connectivity index is 3.55. The highest BCUT2D eigenvalue weighted by Crippen LogP contribution is 1.95. The largest absolute Gasteiger partial charge is 0.478 e. The summed E-state index contributed by atoms with van der Waals surface area (Å²) in [4.78, 5) is 21.4. The van der Waals surface area contributed by atoms with Crippen molar-refractivity contribution in [3.8, 4) is 0 Å². The van der Waals surface area contributed by atoms with E-state index in [2.05, 4.69) is 5.32 Å². The molecule has 2 N–H and O–H groups in total. The number of ether oxygens (including phenoxy) is 1. The summed E-state index contributed by atoms with van der Waals surface area (Å²) >= 11 is 0. The zero-order valence-corrected chi connectivity index (χ0v) is 9.78. The Hall–Kier alpha value is -1.52. The van der Waals surface area contributed by atoms with Gasteiger partial charge in [-0.15, -0.1) is 0 Å². The first kappa shape index (κ1) is 14.5. The summed E-state index contributed by atoms with van der Waals surface area (Å²) < 4.78 is 4.83. The van der Waals surface area contributed by atoms with Gasteiger partial charge in [0.15, 0.2) is 0 Å². The van der Waals surface area contributed by atoms with Gasteiger partial charge >= 0.3 is 12.1 Å². The Morgan fingerprint density at radius 1 is 1.44 bits per heavy atom. The predicted molar refractivity (Wildman–Crippen MR) is 60.3 cm³/mol. The molecule has 0 spiro atoms. The zero-order valence-electron chi connectivity index (χ0n) is 9.78. The SMILES string of the molecule is CCCCNC(=O)OCCC=C(C)C(=O)O.